The maximum atomic E-state index is 10.9. The standard InChI is InChI=1S/C31H52O2/c1-20(22(3)18-32)8-9-21(2)23-12-14-29(7)25-11-10-24-27(4,5)26(33)13-15-30(24)19-31(25,30)17-16-28(23,29)6/h21-26,32-33H,1,8-19H2,2-7H3/t21-,22?,23-,24?,25+,26+,28-,29+,30-,31?/m1/s1. The summed E-state index contributed by atoms with van der Waals surface area (Å²) >= 11 is 0. The molecule has 5 saturated carbocycles. The molecule has 5 aliphatic carbocycles. The summed E-state index contributed by atoms with van der Waals surface area (Å²) in [6.07, 6.45) is 14.4. The van der Waals surface area contributed by atoms with E-state index in [1.807, 2.05) is 0 Å². The molecule has 0 saturated heterocycles. The lowest BCUT2D eigenvalue weighted by Gasteiger charge is -2.63. The normalized spacial score (nSPS) is 51.5. The van der Waals surface area contributed by atoms with Gasteiger partial charge in [-0.1, -0.05) is 53.7 Å². The van der Waals surface area contributed by atoms with E-state index < -0.39 is 0 Å². The minimum absolute atomic E-state index is 0.0925. The predicted molar refractivity (Wildman–Crippen MR) is 137 cm³/mol. The van der Waals surface area contributed by atoms with Gasteiger partial charge < -0.3 is 10.2 Å². The van der Waals surface area contributed by atoms with Gasteiger partial charge in [-0.3, -0.25) is 0 Å². The average molecular weight is 457 g/mol. The number of hydrogen-bond acceptors (Lipinski definition) is 2. The van der Waals surface area contributed by atoms with Gasteiger partial charge in [-0.2, -0.15) is 0 Å². The second-order valence-corrected chi connectivity index (χ2v) is 14.8. The van der Waals surface area contributed by atoms with Gasteiger partial charge in [0.15, 0.2) is 0 Å². The molecule has 0 bridgehead atoms. The zero-order chi connectivity index (χ0) is 24.0. The summed E-state index contributed by atoms with van der Waals surface area (Å²) in [7, 11) is 0. The zero-order valence-electron chi connectivity index (χ0n) is 22.6. The third kappa shape index (κ3) is 2.98. The van der Waals surface area contributed by atoms with E-state index in [1.54, 1.807) is 0 Å². The highest BCUT2D eigenvalue weighted by Gasteiger charge is 2.82. The lowest BCUT2D eigenvalue weighted by molar-refractivity contribution is -0.161. The van der Waals surface area contributed by atoms with Crippen LogP contribution in [0.25, 0.3) is 0 Å². The Labute approximate surface area is 204 Å². The molecule has 3 unspecified atom stereocenters. The molecule has 0 heterocycles. The summed E-state index contributed by atoms with van der Waals surface area (Å²) in [5.74, 6) is 3.42. The van der Waals surface area contributed by atoms with Crippen molar-refractivity contribution in [1.29, 1.82) is 0 Å². The first kappa shape index (κ1) is 24.4. The van der Waals surface area contributed by atoms with Crippen molar-refractivity contribution in [2.75, 3.05) is 6.61 Å². The first-order valence-electron chi connectivity index (χ1n) is 14.4. The SMILES string of the molecule is C=C(CC[C@@H](C)[C@H]1CC[C@@]2(C)[C@@H]3CCC4C(C)(C)[C@@H](O)CC[C@@]45CC35CC[C@]12C)C(C)CO. The second kappa shape index (κ2) is 7.58. The van der Waals surface area contributed by atoms with Crippen LogP contribution >= 0.6 is 0 Å². The fraction of sp³-hybridized carbons (Fsp3) is 0.935. The summed E-state index contributed by atoms with van der Waals surface area (Å²) in [6.45, 7) is 19.3. The van der Waals surface area contributed by atoms with Gasteiger partial charge in [-0.25, -0.2) is 0 Å². The molecule has 10 atom stereocenters. The Bertz CT molecular complexity index is 801. The van der Waals surface area contributed by atoms with Crippen LogP contribution in [0.5, 0.6) is 0 Å². The Hall–Kier alpha value is -0.340. The molecule has 0 aromatic carbocycles. The van der Waals surface area contributed by atoms with Crippen LogP contribution in [-0.2, 0) is 0 Å². The Morgan fingerprint density at radius 2 is 1.55 bits per heavy atom. The molecule has 5 fully saturated rings. The maximum absolute atomic E-state index is 10.9. The van der Waals surface area contributed by atoms with Gasteiger partial charge >= 0.3 is 0 Å². The van der Waals surface area contributed by atoms with Gasteiger partial charge in [0.05, 0.1) is 6.10 Å². The molecule has 33 heavy (non-hydrogen) atoms. The summed E-state index contributed by atoms with van der Waals surface area (Å²) in [6, 6.07) is 0. The molecule has 188 valence electrons. The van der Waals surface area contributed by atoms with E-state index in [0.29, 0.717) is 21.7 Å². The second-order valence-electron chi connectivity index (χ2n) is 14.8. The highest BCUT2D eigenvalue weighted by atomic mass is 16.3. The van der Waals surface area contributed by atoms with Gasteiger partial charge in [0.25, 0.3) is 0 Å². The number of aliphatic hydroxyl groups is 2. The van der Waals surface area contributed by atoms with Gasteiger partial charge in [0.2, 0.25) is 0 Å². The van der Waals surface area contributed by atoms with Gasteiger partial charge in [0, 0.05) is 6.61 Å². The largest absolute Gasteiger partial charge is 0.396 e. The van der Waals surface area contributed by atoms with Crippen LogP contribution in [0.1, 0.15) is 112 Å². The molecular weight excluding hydrogens is 404 g/mol. The van der Waals surface area contributed by atoms with Crippen LogP contribution in [0.15, 0.2) is 12.2 Å². The minimum Gasteiger partial charge on any atom is -0.396 e. The van der Waals surface area contributed by atoms with E-state index in [0.717, 1.165) is 36.5 Å². The summed E-state index contributed by atoms with van der Waals surface area (Å²) < 4.78 is 0. The predicted octanol–water partition coefficient (Wildman–Crippen LogP) is 7.39. The molecule has 0 aromatic heterocycles. The van der Waals surface area contributed by atoms with Crippen molar-refractivity contribution in [1.82, 2.24) is 0 Å². The number of fused-ring (bicyclic) bond motifs is 2. The summed E-state index contributed by atoms with van der Waals surface area (Å²) in [4.78, 5) is 0. The van der Waals surface area contributed by atoms with Crippen molar-refractivity contribution < 1.29 is 10.2 Å². The van der Waals surface area contributed by atoms with Crippen molar-refractivity contribution in [3.8, 4) is 0 Å². The highest BCUT2D eigenvalue weighted by molar-refractivity contribution is 5.30. The van der Waals surface area contributed by atoms with Crippen LogP contribution in [0, 0.1) is 56.7 Å². The van der Waals surface area contributed by atoms with Crippen LogP contribution in [0.2, 0.25) is 0 Å². The number of hydrogen-bond donors (Lipinski definition) is 2. The van der Waals surface area contributed by atoms with Gasteiger partial charge in [-0.15, -0.1) is 0 Å². The molecule has 5 aliphatic rings. The van der Waals surface area contributed by atoms with Crippen molar-refractivity contribution >= 4 is 0 Å². The van der Waals surface area contributed by atoms with Crippen molar-refractivity contribution in [3.05, 3.63) is 12.2 Å². The maximum Gasteiger partial charge on any atom is 0.0594 e. The fourth-order valence-electron chi connectivity index (χ4n) is 11.3. The van der Waals surface area contributed by atoms with Crippen LogP contribution in [0.3, 0.4) is 0 Å². The first-order valence-corrected chi connectivity index (χ1v) is 14.4. The van der Waals surface area contributed by atoms with E-state index in [-0.39, 0.29) is 24.0 Å². The molecule has 0 amide bonds. The molecule has 2 spiro atoms. The fourth-order valence-corrected chi connectivity index (χ4v) is 11.3. The molecular formula is C31H52O2. The molecule has 0 radical (unpaired) electrons. The zero-order valence-corrected chi connectivity index (χ0v) is 22.6. The quantitative estimate of drug-likeness (QED) is 0.409. The first-order chi connectivity index (χ1) is 15.4. The Morgan fingerprint density at radius 1 is 0.879 bits per heavy atom. The Kier molecular flexibility index (Phi) is 5.60. The molecule has 0 aromatic rings. The number of aliphatic hydroxyl groups excluding tert-OH is 2. The van der Waals surface area contributed by atoms with E-state index in [9.17, 15) is 10.2 Å². The van der Waals surface area contributed by atoms with E-state index in [4.69, 9.17) is 0 Å². The lowest BCUT2D eigenvalue weighted by Crippen LogP contribution is -2.57. The van der Waals surface area contributed by atoms with Crippen molar-refractivity contribution in [2.24, 2.45) is 56.7 Å². The van der Waals surface area contributed by atoms with Crippen molar-refractivity contribution in [2.45, 2.75) is 118 Å². The third-order valence-electron chi connectivity index (χ3n) is 13.7. The summed E-state index contributed by atoms with van der Waals surface area (Å²) in [5.41, 5.74) is 3.41. The Morgan fingerprint density at radius 3 is 2.24 bits per heavy atom. The van der Waals surface area contributed by atoms with E-state index >= 15 is 0 Å². The molecule has 2 nitrogen and oxygen atoms in total. The molecule has 5 rings (SSSR count). The topological polar surface area (TPSA) is 40.5 Å². The lowest BCUT2D eigenvalue weighted by atomic mass is 9.41. The van der Waals surface area contributed by atoms with E-state index in [2.05, 4.69) is 48.1 Å². The smallest absolute Gasteiger partial charge is 0.0594 e. The minimum atomic E-state index is -0.105. The highest BCUT2D eigenvalue weighted by Crippen LogP contribution is 2.89. The number of rotatable bonds is 6. The molecule has 0 aliphatic heterocycles. The van der Waals surface area contributed by atoms with Crippen molar-refractivity contribution in [3.63, 3.8) is 0 Å². The average Bonchev–Trinajstić information content (AvgIpc) is 3.36. The molecule has 2 heteroatoms. The third-order valence-corrected chi connectivity index (χ3v) is 13.7. The van der Waals surface area contributed by atoms with Crippen LogP contribution in [0.4, 0.5) is 0 Å². The Balaban J connectivity index is 1.36. The summed E-state index contributed by atoms with van der Waals surface area (Å²) in [5, 5.41) is 20.4. The van der Waals surface area contributed by atoms with E-state index in [1.165, 1.54) is 63.4 Å². The monoisotopic (exact) mass is 456 g/mol. The van der Waals surface area contributed by atoms with Gasteiger partial charge in [-0.05, 0) is 127 Å². The molecule has 2 N–H and O–H groups in total. The van der Waals surface area contributed by atoms with Crippen LogP contribution in [-0.4, -0.2) is 22.9 Å². The van der Waals surface area contributed by atoms with Crippen LogP contribution < -0.4 is 0 Å². The van der Waals surface area contributed by atoms with Gasteiger partial charge in [0.1, 0.15) is 0 Å².